The van der Waals surface area contributed by atoms with Gasteiger partial charge in [-0.1, -0.05) is 0 Å². The molecule has 1 atom stereocenters. The first-order chi connectivity index (χ1) is 8.55. The number of aromatic amines is 1. The summed E-state index contributed by atoms with van der Waals surface area (Å²) in [6, 6.07) is 1.19. The van der Waals surface area contributed by atoms with Gasteiger partial charge in [-0.3, -0.25) is 4.79 Å². The summed E-state index contributed by atoms with van der Waals surface area (Å²) >= 11 is 0. The van der Waals surface area contributed by atoms with Crippen LogP contribution in [0.15, 0.2) is 28.2 Å². The number of aliphatic hydroxyl groups excluding tert-OH is 1. The maximum atomic E-state index is 12.3. The van der Waals surface area contributed by atoms with Crippen molar-refractivity contribution in [3.63, 3.8) is 0 Å². The lowest BCUT2D eigenvalue weighted by Gasteiger charge is -2.30. The van der Waals surface area contributed by atoms with Crippen LogP contribution >= 0.6 is 0 Å². The smallest absolute Gasteiger partial charge is 0.248 e. The second-order valence-electron chi connectivity index (χ2n) is 4.43. The average molecular weight is 272 g/mol. The third kappa shape index (κ3) is 2.47. The minimum absolute atomic E-state index is 0.0306. The van der Waals surface area contributed by atoms with E-state index in [0.29, 0.717) is 13.0 Å². The highest BCUT2D eigenvalue weighted by Gasteiger charge is 2.31. The van der Waals surface area contributed by atoms with E-state index in [4.69, 9.17) is 5.11 Å². The molecule has 0 saturated carbocycles. The summed E-state index contributed by atoms with van der Waals surface area (Å²) in [5.74, 6) is -0.0451. The Bertz CT molecular complexity index is 566. The zero-order chi connectivity index (χ0) is 13.2. The van der Waals surface area contributed by atoms with Crippen molar-refractivity contribution in [1.29, 1.82) is 0 Å². The number of nitrogens with one attached hydrogen (secondary N) is 1. The van der Waals surface area contributed by atoms with Crippen molar-refractivity contribution in [3.05, 3.63) is 28.7 Å². The van der Waals surface area contributed by atoms with Gasteiger partial charge in [-0.15, -0.1) is 0 Å². The molecule has 100 valence electrons. The molecule has 1 aliphatic heterocycles. The molecule has 6 nitrogen and oxygen atoms in total. The van der Waals surface area contributed by atoms with E-state index in [1.807, 2.05) is 0 Å². The Hall–Kier alpha value is -1.18. The highest BCUT2D eigenvalue weighted by molar-refractivity contribution is 7.89. The number of nitrogens with zero attached hydrogens (tertiary/aromatic N) is 1. The van der Waals surface area contributed by atoms with Gasteiger partial charge in [-0.2, -0.15) is 4.31 Å². The fourth-order valence-electron chi connectivity index (χ4n) is 2.14. The molecule has 18 heavy (non-hydrogen) atoms. The first kappa shape index (κ1) is 13.3. The van der Waals surface area contributed by atoms with Crippen LogP contribution in [0.5, 0.6) is 0 Å². The molecule has 0 aliphatic carbocycles. The Kier molecular flexibility index (Phi) is 3.84. The maximum absolute atomic E-state index is 12.3. The average Bonchev–Trinajstić information content (AvgIpc) is 2.39. The molecule has 1 fully saturated rings. The van der Waals surface area contributed by atoms with E-state index < -0.39 is 15.5 Å². The van der Waals surface area contributed by atoms with E-state index in [1.165, 1.54) is 22.8 Å². The summed E-state index contributed by atoms with van der Waals surface area (Å²) in [6.45, 7) is 0.636. The van der Waals surface area contributed by atoms with Crippen molar-refractivity contribution >= 4 is 10.0 Å². The molecule has 2 N–H and O–H groups in total. The topological polar surface area (TPSA) is 90.5 Å². The minimum atomic E-state index is -3.76. The third-order valence-corrected chi connectivity index (χ3v) is 5.03. The summed E-state index contributed by atoms with van der Waals surface area (Å²) in [4.78, 5) is 14.0. The number of pyridine rings is 1. The standard InChI is InChI=1S/C11H16N2O4S/c14-8-9-2-1-5-13(7-9)18(16,17)11-6-12-4-3-10(11)15/h3-4,6,9,14H,1-2,5,7-8H2,(H,12,15). The highest BCUT2D eigenvalue weighted by Crippen LogP contribution is 2.21. The maximum Gasteiger partial charge on any atom is 0.248 e. The Labute approximate surface area is 105 Å². The lowest BCUT2D eigenvalue weighted by atomic mass is 10.0. The van der Waals surface area contributed by atoms with Crippen LogP contribution in [-0.2, 0) is 10.0 Å². The summed E-state index contributed by atoms with van der Waals surface area (Å²) in [6.07, 6.45) is 4.12. The van der Waals surface area contributed by atoms with Crippen LogP contribution in [0.2, 0.25) is 0 Å². The summed E-state index contributed by atoms with van der Waals surface area (Å²) < 4.78 is 25.9. The third-order valence-electron chi connectivity index (χ3n) is 3.15. The Morgan fingerprint density at radius 3 is 2.94 bits per heavy atom. The van der Waals surface area contributed by atoms with Crippen molar-refractivity contribution in [2.75, 3.05) is 19.7 Å². The quantitative estimate of drug-likeness (QED) is 0.795. The normalized spacial score (nSPS) is 21.9. The Balaban J connectivity index is 2.32. The van der Waals surface area contributed by atoms with E-state index in [0.717, 1.165) is 6.42 Å². The van der Waals surface area contributed by atoms with Crippen LogP contribution in [0.25, 0.3) is 0 Å². The van der Waals surface area contributed by atoms with Crippen LogP contribution in [0.3, 0.4) is 0 Å². The van der Waals surface area contributed by atoms with Gasteiger partial charge in [0.1, 0.15) is 4.90 Å². The van der Waals surface area contributed by atoms with E-state index in [-0.39, 0.29) is 24.0 Å². The molecule has 1 aromatic heterocycles. The first-order valence-corrected chi connectivity index (χ1v) is 7.28. The van der Waals surface area contributed by atoms with Gasteiger partial charge in [0.25, 0.3) is 0 Å². The second-order valence-corrected chi connectivity index (χ2v) is 6.33. The monoisotopic (exact) mass is 272 g/mol. The SMILES string of the molecule is O=c1cc[nH]cc1S(=O)(=O)N1CCCC(CO)C1. The lowest BCUT2D eigenvalue weighted by molar-refractivity contribution is 0.165. The number of aromatic nitrogens is 1. The molecular weight excluding hydrogens is 256 g/mol. The van der Waals surface area contributed by atoms with E-state index >= 15 is 0 Å². The Morgan fingerprint density at radius 1 is 1.50 bits per heavy atom. The number of piperidine rings is 1. The molecule has 1 aromatic rings. The zero-order valence-electron chi connectivity index (χ0n) is 9.87. The molecule has 1 saturated heterocycles. The molecule has 1 unspecified atom stereocenters. The molecule has 0 spiro atoms. The van der Waals surface area contributed by atoms with Crippen LogP contribution in [0.1, 0.15) is 12.8 Å². The molecule has 0 aromatic carbocycles. The van der Waals surface area contributed by atoms with Crippen molar-refractivity contribution < 1.29 is 13.5 Å². The zero-order valence-corrected chi connectivity index (χ0v) is 10.7. The number of hydrogen-bond acceptors (Lipinski definition) is 4. The van der Waals surface area contributed by atoms with Gasteiger partial charge in [0.2, 0.25) is 15.5 Å². The number of H-pyrrole nitrogens is 1. The van der Waals surface area contributed by atoms with Crippen molar-refractivity contribution in [2.24, 2.45) is 5.92 Å². The number of aliphatic hydroxyl groups is 1. The van der Waals surface area contributed by atoms with Gasteiger partial charge >= 0.3 is 0 Å². The predicted octanol–water partition coefficient (Wildman–Crippen LogP) is -0.232. The highest BCUT2D eigenvalue weighted by atomic mass is 32.2. The minimum Gasteiger partial charge on any atom is -0.396 e. The predicted molar refractivity (Wildman–Crippen MR) is 65.6 cm³/mol. The van der Waals surface area contributed by atoms with Crippen LogP contribution in [0.4, 0.5) is 0 Å². The molecule has 7 heteroatoms. The summed E-state index contributed by atoms with van der Waals surface area (Å²) in [5, 5.41) is 9.11. The molecule has 2 heterocycles. The van der Waals surface area contributed by atoms with Gasteiger partial charge < -0.3 is 10.1 Å². The summed E-state index contributed by atoms with van der Waals surface area (Å²) in [7, 11) is -3.76. The van der Waals surface area contributed by atoms with Gasteiger partial charge in [0.15, 0.2) is 0 Å². The fourth-order valence-corrected chi connectivity index (χ4v) is 3.73. The number of rotatable bonds is 3. The number of hydrogen-bond donors (Lipinski definition) is 2. The van der Waals surface area contributed by atoms with E-state index in [9.17, 15) is 13.2 Å². The molecule has 2 rings (SSSR count). The van der Waals surface area contributed by atoms with Crippen LogP contribution in [-0.4, -0.2) is 42.5 Å². The van der Waals surface area contributed by atoms with E-state index in [2.05, 4.69) is 4.98 Å². The van der Waals surface area contributed by atoms with Gasteiger partial charge in [0, 0.05) is 38.2 Å². The van der Waals surface area contributed by atoms with Crippen molar-refractivity contribution in [3.8, 4) is 0 Å². The van der Waals surface area contributed by atoms with E-state index in [1.54, 1.807) is 0 Å². The van der Waals surface area contributed by atoms with Crippen molar-refractivity contribution in [1.82, 2.24) is 9.29 Å². The summed E-state index contributed by atoms with van der Waals surface area (Å²) in [5.41, 5.74) is -0.514. The molecule has 1 aliphatic rings. The number of sulfonamides is 1. The molecular formula is C11H16N2O4S. The fraction of sp³-hybridized carbons (Fsp3) is 0.545. The second kappa shape index (κ2) is 5.21. The van der Waals surface area contributed by atoms with Gasteiger partial charge in [0.05, 0.1) is 0 Å². The van der Waals surface area contributed by atoms with Crippen LogP contribution in [0, 0.1) is 5.92 Å². The molecule has 0 amide bonds. The largest absolute Gasteiger partial charge is 0.396 e. The van der Waals surface area contributed by atoms with Crippen molar-refractivity contribution in [2.45, 2.75) is 17.7 Å². The molecule has 0 radical (unpaired) electrons. The van der Waals surface area contributed by atoms with Crippen LogP contribution < -0.4 is 5.43 Å². The lowest BCUT2D eigenvalue weighted by Crippen LogP contribution is -2.42. The molecule has 0 bridgehead atoms. The van der Waals surface area contributed by atoms with Gasteiger partial charge in [-0.05, 0) is 18.8 Å². The van der Waals surface area contributed by atoms with Gasteiger partial charge in [-0.25, -0.2) is 8.42 Å². The Morgan fingerprint density at radius 2 is 2.28 bits per heavy atom. The first-order valence-electron chi connectivity index (χ1n) is 5.84.